The average Bonchev–Trinajstić information content (AvgIpc) is 2.11. The summed E-state index contributed by atoms with van der Waals surface area (Å²) in [6, 6.07) is 4.82. The molecule has 0 saturated heterocycles. The Morgan fingerprint density at radius 2 is 2.31 bits per heavy atom. The lowest BCUT2D eigenvalue weighted by atomic mass is 10.2. The molecule has 0 fully saturated rings. The quantitative estimate of drug-likeness (QED) is 0.584. The van der Waals surface area contributed by atoms with E-state index < -0.39 is 0 Å². The van der Waals surface area contributed by atoms with Gasteiger partial charge in [0.05, 0.1) is 6.54 Å². The average molecular weight is 196 g/mol. The third kappa shape index (κ3) is 2.92. The van der Waals surface area contributed by atoms with Crippen LogP contribution in [0.4, 0.5) is 0 Å². The first-order valence-corrected chi connectivity index (χ1v) is 4.21. The summed E-state index contributed by atoms with van der Waals surface area (Å²) in [7, 11) is 0. The summed E-state index contributed by atoms with van der Waals surface area (Å²) in [5, 5.41) is 9.94. The summed E-state index contributed by atoms with van der Waals surface area (Å²) < 4.78 is 0. The maximum atomic E-state index is 9.36. The number of hydrogen-bond acceptors (Lipinski definition) is 2. The van der Waals surface area contributed by atoms with E-state index in [9.17, 15) is 5.11 Å². The van der Waals surface area contributed by atoms with Crippen LogP contribution in [-0.2, 0) is 0 Å². The molecule has 1 aromatic rings. The van der Waals surface area contributed by atoms with Gasteiger partial charge in [-0.25, -0.2) is 0 Å². The topological polar surface area (TPSA) is 32.6 Å². The van der Waals surface area contributed by atoms with Gasteiger partial charge in [-0.15, -0.1) is 6.58 Å². The number of benzene rings is 1. The Morgan fingerprint density at radius 1 is 1.54 bits per heavy atom. The minimum Gasteiger partial charge on any atom is -0.507 e. The number of hydrogen-bond donors (Lipinski definition) is 1. The number of halogens is 1. The third-order valence-electron chi connectivity index (χ3n) is 1.45. The molecule has 0 bridgehead atoms. The van der Waals surface area contributed by atoms with E-state index in [0.717, 1.165) is 0 Å². The fraction of sp³-hybridized carbons (Fsp3) is 0.100. The highest BCUT2D eigenvalue weighted by Gasteiger charge is 1.97. The van der Waals surface area contributed by atoms with Gasteiger partial charge >= 0.3 is 0 Å². The molecule has 0 atom stereocenters. The monoisotopic (exact) mass is 195 g/mol. The fourth-order valence-corrected chi connectivity index (χ4v) is 1.03. The second-order valence-electron chi connectivity index (χ2n) is 2.49. The Hall–Kier alpha value is -1.28. The molecule has 68 valence electrons. The van der Waals surface area contributed by atoms with Gasteiger partial charge in [0, 0.05) is 16.8 Å². The van der Waals surface area contributed by atoms with Crippen LogP contribution in [0.25, 0.3) is 0 Å². The summed E-state index contributed by atoms with van der Waals surface area (Å²) in [6.45, 7) is 4.06. The van der Waals surface area contributed by atoms with Gasteiger partial charge in [0.1, 0.15) is 5.75 Å². The normalized spacial score (nSPS) is 10.5. The molecular formula is C10H10ClNO. The summed E-state index contributed by atoms with van der Waals surface area (Å²) >= 11 is 5.74. The summed E-state index contributed by atoms with van der Waals surface area (Å²) in [5.41, 5.74) is 0.620. The van der Waals surface area contributed by atoms with Crippen LogP contribution in [0.15, 0.2) is 35.8 Å². The molecule has 1 N–H and O–H groups in total. The second-order valence-corrected chi connectivity index (χ2v) is 2.92. The number of phenols is 1. The Kier molecular flexibility index (Phi) is 3.53. The van der Waals surface area contributed by atoms with Crippen molar-refractivity contribution in [3.63, 3.8) is 0 Å². The maximum Gasteiger partial charge on any atom is 0.124 e. The predicted molar refractivity (Wildman–Crippen MR) is 55.8 cm³/mol. The molecule has 2 nitrogen and oxygen atoms in total. The molecule has 0 heterocycles. The zero-order valence-electron chi connectivity index (χ0n) is 7.07. The minimum atomic E-state index is 0.178. The molecule has 1 aromatic carbocycles. The van der Waals surface area contributed by atoms with Crippen LogP contribution >= 0.6 is 11.6 Å². The van der Waals surface area contributed by atoms with E-state index in [1.807, 2.05) is 0 Å². The second kappa shape index (κ2) is 4.67. The standard InChI is InChI=1S/C10H10ClNO/c1-2-5-12-7-8-6-9(11)3-4-10(8)13/h2-4,6-7,13H,1,5H2. The molecule has 13 heavy (non-hydrogen) atoms. The first-order chi connectivity index (χ1) is 6.24. The number of nitrogens with zero attached hydrogens (tertiary/aromatic N) is 1. The Bertz CT molecular complexity index is 334. The number of phenolic OH excluding ortho intramolecular Hbond substituents is 1. The number of aromatic hydroxyl groups is 1. The van der Waals surface area contributed by atoms with Gasteiger partial charge < -0.3 is 5.11 Å². The fourth-order valence-electron chi connectivity index (χ4n) is 0.854. The Labute approximate surface area is 82.2 Å². The minimum absolute atomic E-state index is 0.178. The third-order valence-corrected chi connectivity index (χ3v) is 1.69. The summed E-state index contributed by atoms with van der Waals surface area (Å²) in [4.78, 5) is 4.00. The van der Waals surface area contributed by atoms with Crippen molar-refractivity contribution in [2.75, 3.05) is 6.54 Å². The highest BCUT2D eigenvalue weighted by molar-refractivity contribution is 6.30. The molecule has 0 unspecified atom stereocenters. The zero-order chi connectivity index (χ0) is 9.68. The smallest absolute Gasteiger partial charge is 0.124 e. The maximum absolute atomic E-state index is 9.36. The van der Waals surface area contributed by atoms with E-state index in [2.05, 4.69) is 11.6 Å². The lowest BCUT2D eigenvalue weighted by molar-refractivity contribution is 0.474. The Balaban J connectivity index is 2.86. The van der Waals surface area contributed by atoms with Gasteiger partial charge in [-0.05, 0) is 18.2 Å². The van der Waals surface area contributed by atoms with Gasteiger partial charge in [-0.2, -0.15) is 0 Å². The van der Waals surface area contributed by atoms with Crippen LogP contribution in [0.1, 0.15) is 5.56 Å². The van der Waals surface area contributed by atoms with E-state index in [-0.39, 0.29) is 5.75 Å². The van der Waals surface area contributed by atoms with Crippen molar-refractivity contribution in [3.05, 3.63) is 41.4 Å². The summed E-state index contributed by atoms with van der Waals surface area (Å²) in [5.74, 6) is 0.178. The van der Waals surface area contributed by atoms with E-state index in [0.29, 0.717) is 17.1 Å². The van der Waals surface area contributed by atoms with Gasteiger partial charge in [-0.1, -0.05) is 17.7 Å². The summed E-state index contributed by atoms with van der Waals surface area (Å²) in [6.07, 6.45) is 3.25. The van der Waals surface area contributed by atoms with Gasteiger partial charge in [0.2, 0.25) is 0 Å². The number of rotatable bonds is 3. The SMILES string of the molecule is C=CCN=Cc1cc(Cl)ccc1O. The van der Waals surface area contributed by atoms with Crippen molar-refractivity contribution in [1.82, 2.24) is 0 Å². The molecule has 0 aliphatic carbocycles. The lowest BCUT2D eigenvalue weighted by Crippen LogP contribution is -1.83. The molecule has 0 saturated carbocycles. The van der Waals surface area contributed by atoms with Crippen molar-refractivity contribution in [3.8, 4) is 5.75 Å². The molecule has 0 aliphatic rings. The van der Waals surface area contributed by atoms with Crippen LogP contribution in [0, 0.1) is 0 Å². The van der Waals surface area contributed by atoms with E-state index in [4.69, 9.17) is 11.6 Å². The first-order valence-electron chi connectivity index (χ1n) is 3.83. The van der Waals surface area contributed by atoms with Crippen LogP contribution < -0.4 is 0 Å². The van der Waals surface area contributed by atoms with Crippen molar-refractivity contribution in [2.45, 2.75) is 0 Å². The van der Waals surface area contributed by atoms with E-state index in [1.54, 1.807) is 24.4 Å². The Morgan fingerprint density at radius 3 is 3.00 bits per heavy atom. The van der Waals surface area contributed by atoms with Crippen LogP contribution in [0.5, 0.6) is 5.75 Å². The lowest BCUT2D eigenvalue weighted by Gasteiger charge is -1.97. The molecule has 0 aromatic heterocycles. The van der Waals surface area contributed by atoms with Crippen molar-refractivity contribution < 1.29 is 5.11 Å². The van der Waals surface area contributed by atoms with Crippen molar-refractivity contribution >= 4 is 17.8 Å². The zero-order valence-corrected chi connectivity index (χ0v) is 7.83. The van der Waals surface area contributed by atoms with Gasteiger partial charge in [0.15, 0.2) is 0 Å². The van der Waals surface area contributed by atoms with E-state index >= 15 is 0 Å². The van der Waals surface area contributed by atoms with Gasteiger partial charge in [0.25, 0.3) is 0 Å². The predicted octanol–water partition coefficient (Wildman–Crippen LogP) is 2.65. The highest BCUT2D eigenvalue weighted by Crippen LogP contribution is 2.19. The van der Waals surface area contributed by atoms with E-state index in [1.165, 1.54) is 6.07 Å². The molecule has 1 rings (SSSR count). The van der Waals surface area contributed by atoms with Crippen molar-refractivity contribution in [1.29, 1.82) is 0 Å². The molecule has 0 amide bonds. The van der Waals surface area contributed by atoms with Crippen LogP contribution in [0.3, 0.4) is 0 Å². The number of aliphatic imine (C=N–C) groups is 1. The van der Waals surface area contributed by atoms with Gasteiger partial charge in [-0.3, -0.25) is 4.99 Å². The highest BCUT2D eigenvalue weighted by atomic mass is 35.5. The molecule has 0 radical (unpaired) electrons. The van der Waals surface area contributed by atoms with Crippen LogP contribution in [0.2, 0.25) is 5.02 Å². The van der Waals surface area contributed by atoms with Crippen LogP contribution in [-0.4, -0.2) is 17.9 Å². The largest absolute Gasteiger partial charge is 0.507 e. The van der Waals surface area contributed by atoms with Crippen molar-refractivity contribution in [2.24, 2.45) is 4.99 Å². The molecule has 3 heteroatoms. The first kappa shape index (κ1) is 9.81. The molecular weight excluding hydrogens is 186 g/mol. The molecule has 0 spiro atoms. The molecule has 0 aliphatic heterocycles.